The molecule has 3 heteroatoms. The van der Waals surface area contributed by atoms with E-state index in [0.717, 1.165) is 16.3 Å². The normalized spacial score (nSPS) is 10.1. The predicted octanol–water partition coefficient (Wildman–Crippen LogP) is 3.84. The van der Waals surface area contributed by atoms with Gasteiger partial charge in [-0.25, -0.2) is 0 Å². The van der Waals surface area contributed by atoms with Gasteiger partial charge in [0.15, 0.2) is 0 Å². The third-order valence-corrected chi connectivity index (χ3v) is 3.07. The maximum atomic E-state index is 5.94. The van der Waals surface area contributed by atoms with Gasteiger partial charge in [-0.3, -0.25) is 0 Å². The summed E-state index contributed by atoms with van der Waals surface area (Å²) in [5.41, 5.74) is 1.26. The van der Waals surface area contributed by atoms with Crippen molar-refractivity contribution in [2.75, 3.05) is 0 Å². The Morgan fingerprint density at radius 3 is 2.73 bits per heavy atom. The van der Waals surface area contributed by atoms with Crippen molar-refractivity contribution in [3.63, 3.8) is 0 Å². The molecule has 0 saturated heterocycles. The van der Waals surface area contributed by atoms with E-state index in [-0.39, 0.29) is 0 Å². The van der Waals surface area contributed by atoms with Gasteiger partial charge in [-0.1, -0.05) is 35.4 Å². The van der Waals surface area contributed by atoms with Crippen LogP contribution < -0.4 is 0 Å². The largest absolute Gasteiger partial charge is 0.106 e. The topological polar surface area (TPSA) is 0 Å². The van der Waals surface area contributed by atoms with Crippen LogP contribution in [0.3, 0.4) is 0 Å². The second-order valence-electron chi connectivity index (χ2n) is 2.21. The van der Waals surface area contributed by atoms with E-state index in [1.54, 1.807) is 0 Å². The molecule has 0 aliphatic rings. The molecule has 0 bridgehead atoms. The molecule has 1 aromatic rings. The third kappa shape index (κ3) is 2.32. The van der Waals surface area contributed by atoms with Crippen LogP contribution in [0, 0.1) is 0 Å². The molecule has 0 amide bonds. The minimum Gasteiger partial charge on any atom is -0.106 e. The summed E-state index contributed by atoms with van der Waals surface area (Å²) < 4.78 is 0. The fraction of sp³-hybridized carbons (Fsp3) is 0.250. The summed E-state index contributed by atoms with van der Waals surface area (Å²) in [4.78, 5) is 1.02. The van der Waals surface area contributed by atoms with Crippen molar-refractivity contribution < 1.29 is 0 Å². The standard InChI is InChI=1S/C8H9ClS2/c1-2-6-3-4-8(11-10)7(9)5-6/h3-5,10H,2H2,1H3. The van der Waals surface area contributed by atoms with E-state index in [1.807, 2.05) is 12.1 Å². The molecular formula is C8H9ClS2. The molecule has 0 unspecified atom stereocenters. The smallest absolute Gasteiger partial charge is 0.0553 e. The van der Waals surface area contributed by atoms with Crippen LogP contribution in [0.15, 0.2) is 23.1 Å². The number of thiol groups is 1. The van der Waals surface area contributed by atoms with E-state index in [2.05, 4.69) is 24.7 Å². The Morgan fingerprint density at radius 2 is 2.27 bits per heavy atom. The molecule has 60 valence electrons. The van der Waals surface area contributed by atoms with Gasteiger partial charge in [0.25, 0.3) is 0 Å². The number of aryl methyl sites for hydroxylation is 1. The Balaban J connectivity index is 2.99. The van der Waals surface area contributed by atoms with Crippen LogP contribution >= 0.6 is 34.1 Å². The molecule has 0 radical (unpaired) electrons. The highest BCUT2D eigenvalue weighted by Crippen LogP contribution is 2.30. The number of hydrogen-bond donors (Lipinski definition) is 1. The first-order chi connectivity index (χ1) is 5.27. The molecule has 0 aromatic heterocycles. The van der Waals surface area contributed by atoms with Gasteiger partial charge < -0.3 is 0 Å². The Labute approximate surface area is 81.1 Å². The second kappa shape index (κ2) is 4.29. The summed E-state index contributed by atoms with van der Waals surface area (Å²) >= 11 is 10.0. The molecule has 0 saturated carbocycles. The molecule has 1 aromatic carbocycles. The van der Waals surface area contributed by atoms with E-state index in [9.17, 15) is 0 Å². The van der Waals surface area contributed by atoms with E-state index >= 15 is 0 Å². The first-order valence-corrected chi connectivity index (χ1v) is 5.62. The lowest BCUT2D eigenvalue weighted by Crippen LogP contribution is -1.79. The van der Waals surface area contributed by atoms with Crippen LogP contribution in [-0.2, 0) is 6.42 Å². The van der Waals surface area contributed by atoms with Crippen LogP contribution in [0.5, 0.6) is 0 Å². The summed E-state index contributed by atoms with van der Waals surface area (Å²) in [6.45, 7) is 2.11. The molecular weight excluding hydrogens is 196 g/mol. The van der Waals surface area contributed by atoms with Crippen LogP contribution in [0.25, 0.3) is 0 Å². The Hall–Kier alpha value is 0.210. The van der Waals surface area contributed by atoms with Crippen molar-refractivity contribution in [2.45, 2.75) is 18.2 Å². The molecule has 1 rings (SSSR count). The van der Waals surface area contributed by atoms with Crippen LogP contribution in [0.2, 0.25) is 5.02 Å². The number of rotatable bonds is 2. The van der Waals surface area contributed by atoms with Gasteiger partial charge in [-0.15, -0.1) is 11.7 Å². The predicted molar refractivity (Wildman–Crippen MR) is 55.7 cm³/mol. The number of halogens is 1. The quantitative estimate of drug-likeness (QED) is 0.564. The second-order valence-corrected chi connectivity index (χ2v) is 3.79. The molecule has 0 spiro atoms. The van der Waals surface area contributed by atoms with Gasteiger partial charge in [0, 0.05) is 4.90 Å². The van der Waals surface area contributed by atoms with Gasteiger partial charge in [-0.05, 0) is 24.1 Å². The minimum atomic E-state index is 0.796. The molecule has 0 atom stereocenters. The molecule has 0 heterocycles. The van der Waals surface area contributed by atoms with Gasteiger partial charge in [-0.2, -0.15) is 0 Å². The van der Waals surface area contributed by atoms with Gasteiger partial charge in [0.2, 0.25) is 0 Å². The fourth-order valence-electron chi connectivity index (χ4n) is 0.838. The monoisotopic (exact) mass is 204 g/mol. The Kier molecular flexibility index (Phi) is 3.63. The lowest BCUT2D eigenvalue weighted by molar-refractivity contribution is 1.13. The summed E-state index contributed by atoms with van der Waals surface area (Å²) in [7, 11) is 1.38. The summed E-state index contributed by atoms with van der Waals surface area (Å²) in [6, 6.07) is 6.06. The van der Waals surface area contributed by atoms with Crippen molar-refractivity contribution in [1.82, 2.24) is 0 Å². The van der Waals surface area contributed by atoms with Crippen molar-refractivity contribution in [1.29, 1.82) is 0 Å². The number of hydrogen-bond acceptors (Lipinski definition) is 2. The average molecular weight is 205 g/mol. The highest BCUT2D eigenvalue weighted by molar-refractivity contribution is 8.68. The van der Waals surface area contributed by atoms with Crippen LogP contribution in [-0.4, -0.2) is 0 Å². The molecule has 0 fully saturated rings. The first kappa shape index (κ1) is 9.30. The van der Waals surface area contributed by atoms with E-state index in [1.165, 1.54) is 16.4 Å². The summed E-state index contributed by atoms with van der Waals surface area (Å²) in [5, 5.41) is 0.796. The fourth-order valence-corrected chi connectivity index (χ4v) is 2.07. The zero-order valence-corrected chi connectivity index (χ0v) is 8.64. The molecule has 0 aliphatic carbocycles. The van der Waals surface area contributed by atoms with Crippen LogP contribution in [0.1, 0.15) is 12.5 Å². The highest BCUT2D eigenvalue weighted by atomic mass is 35.5. The maximum absolute atomic E-state index is 5.94. The Bertz CT molecular complexity index is 248. The van der Waals surface area contributed by atoms with Crippen molar-refractivity contribution >= 4 is 34.1 Å². The summed E-state index contributed by atoms with van der Waals surface area (Å²) in [5.74, 6) is 0. The molecule has 0 aliphatic heterocycles. The van der Waals surface area contributed by atoms with Gasteiger partial charge in [0.05, 0.1) is 5.02 Å². The van der Waals surface area contributed by atoms with Crippen molar-refractivity contribution in [3.05, 3.63) is 28.8 Å². The third-order valence-electron chi connectivity index (χ3n) is 1.50. The van der Waals surface area contributed by atoms with E-state index < -0.39 is 0 Å². The lowest BCUT2D eigenvalue weighted by Gasteiger charge is -2.01. The minimum absolute atomic E-state index is 0.796. The molecule has 0 N–H and O–H groups in total. The highest BCUT2D eigenvalue weighted by Gasteiger charge is 1.98. The SMILES string of the molecule is CCc1ccc(SS)c(Cl)c1. The van der Waals surface area contributed by atoms with Crippen molar-refractivity contribution in [3.8, 4) is 0 Å². The van der Waals surface area contributed by atoms with Crippen LogP contribution in [0.4, 0.5) is 0 Å². The zero-order valence-electron chi connectivity index (χ0n) is 6.17. The zero-order chi connectivity index (χ0) is 8.27. The lowest BCUT2D eigenvalue weighted by atomic mass is 10.2. The first-order valence-electron chi connectivity index (χ1n) is 3.37. The maximum Gasteiger partial charge on any atom is 0.0553 e. The van der Waals surface area contributed by atoms with Crippen molar-refractivity contribution in [2.24, 2.45) is 0 Å². The number of benzene rings is 1. The summed E-state index contributed by atoms with van der Waals surface area (Å²) in [6.07, 6.45) is 1.03. The van der Waals surface area contributed by atoms with Gasteiger partial charge >= 0.3 is 0 Å². The van der Waals surface area contributed by atoms with Gasteiger partial charge in [0.1, 0.15) is 0 Å². The molecule has 11 heavy (non-hydrogen) atoms. The van der Waals surface area contributed by atoms with E-state index in [4.69, 9.17) is 11.6 Å². The Morgan fingerprint density at radius 1 is 1.55 bits per heavy atom. The average Bonchev–Trinajstić information content (AvgIpc) is 2.04. The molecule has 0 nitrogen and oxygen atoms in total. The van der Waals surface area contributed by atoms with E-state index in [0.29, 0.717) is 0 Å².